The zero-order valence-electron chi connectivity index (χ0n) is 8.16. The zero-order valence-corrected chi connectivity index (χ0v) is 8.16. The highest BCUT2D eigenvalue weighted by Gasteiger charge is 1.98. The number of rotatable bonds is 5. The second kappa shape index (κ2) is 5.67. The van der Waals surface area contributed by atoms with Crippen molar-refractivity contribution >= 4 is 0 Å². The van der Waals surface area contributed by atoms with Crippen LogP contribution in [0.3, 0.4) is 0 Å². The highest BCUT2D eigenvalue weighted by Crippen LogP contribution is 1.92. The molecule has 1 heterocycles. The fourth-order valence-corrected chi connectivity index (χ4v) is 0.990. The summed E-state index contributed by atoms with van der Waals surface area (Å²) in [6.45, 7) is 3.69. The zero-order chi connectivity index (χ0) is 9.52. The van der Waals surface area contributed by atoms with Gasteiger partial charge in [0.2, 0.25) is 0 Å². The fourth-order valence-electron chi connectivity index (χ4n) is 0.990. The molecule has 1 rings (SSSR count). The van der Waals surface area contributed by atoms with Gasteiger partial charge in [-0.3, -0.25) is 4.98 Å². The summed E-state index contributed by atoms with van der Waals surface area (Å²) in [7, 11) is 1.72. The molecule has 0 spiro atoms. The van der Waals surface area contributed by atoms with E-state index in [2.05, 4.69) is 10.3 Å². The maximum Gasteiger partial charge on any atom is 0.0667 e. The molecule has 0 fully saturated rings. The number of hydrogen-bond donors (Lipinski definition) is 1. The van der Waals surface area contributed by atoms with E-state index >= 15 is 0 Å². The third kappa shape index (κ3) is 4.01. The first-order chi connectivity index (χ1) is 6.33. The van der Waals surface area contributed by atoms with Gasteiger partial charge >= 0.3 is 0 Å². The predicted octanol–water partition coefficient (Wildman–Crippen LogP) is 1.21. The number of ether oxygens (including phenoxy) is 1. The third-order valence-corrected chi connectivity index (χ3v) is 1.87. The van der Waals surface area contributed by atoms with Crippen LogP contribution in [0.5, 0.6) is 0 Å². The van der Waals surface area contributed by atoms with Crippen molar-refractivity contribution in [1.82, 2.24) is 10.3 Å². The van der Waals surface area contributed by atoms with E-state index in [4.69, 9.17) is 4.74 Å². The Morgan fingerprint density at radius 1 is 1.54 bits per heavy atom. The molecule has 0 bridgehead atoms. The average Bonchev–Trinajstić information content (AvgIpc) is 2.19. The summed E-state index contributed by atoms with van der Waals surface area (Å²) in [5, 5.41) is 3.26. The Labute approximate surface area is 79.1 Å². The van der Waals surface area contributed by atoms with E-state index in [1.54, 1.807) is 13.3 Å². The van der Waals surface area contributed by atoms with Crippen LogP contribution in [0.2, 0.25) is 0 Å². The Morgan fingerprint density at radius 2 is 2.38 bits per heavy atom. The molecule has 0 aromatic carbocycles. The molecule has 0 saturated heterocycles. The molecule has 1 aromatic heterocycles. The molecule has 1 atom stereocenters. The molecular weight excluding hydrogens is 164 g/mol. The lowest BCUT2D eigenvalue weighted by Crippen LogP contribution is -2.25. The summed E-state index contributed by atoms with van der Waals surface area (Å²) in [4.78, 5) is 4.20. The highest BCUT2D eigenvalue weighted by atomic mass is 16.5. The van der Waals surface area contributed by atoms with E-state index in [0.29, 0.717) is 0 Å². The summed E-state index contributed by atoms with van der Waals surface area (Å²) < 4.78 is 5.11. The van der Waals surface area contributed by atoms with Gasteiger partial charge in [-0.25, -0.2) is 0 Å². The van der Waals surface area contributed by atoms with Gasteiger partial charge in [-0.1, -0.05) is 6.07 Å². The molecule has 0 saturated carbocycles. The van der Waals surface area contributed by atoms with Gasteiger partial charge in [0.25, 0.3) is 0 Å². The van der Waals surface area contributed by atoms with Crippen LogP contribution in [0, 0.1) is 0 Å². The van der Waals surface area contributed by atoms with Crippen LogP contribution in [-0.2, 0) is 11.3 Å². The minimum absolute atomic E-state index is 0.253. The molecule has 1 aromatic rings. The van der Waals surface area contributed by atoms with Crippen molar-refractivity contribution in [2.24, 2.45) is 0 Å². The molecule has 13 heavy (non-hydrogen) atoms. The number of pyridine rings is 1. The lowest BCUT2D eigenvalue weighted by molar-refractivity contribution is 0.117. The van der Waals surface area contributed by atoms with Crippen molar-refractivity contribution in [3.63, 3.8) is 0 Å². The first-order valence-electron chi connectivity index (χ1n) is 4.46. The topological polar surface area (TPSA) is 34.1 Å². The predicted molar refractivity (Wildman–Crippen MR) is 52.4 cm³/mol. The highest BCUT2D eigenvalue weighted by molar-refractivity contribution is 5.02. The van der Waals surface area contributed by atoms with E-state index < -0.39 is 0 Å². The minimum Gasteiger partial charge on any atom is -0.380 e. The average molecular weight is 180 g/mol. The summed E-state index contributed by atoms with van der Waals surface area (Å²) in [6.07, 6.45) is 2.06. The lowest BCUT2D eigenvalue weighted by atomic mass is 10.3. The molecule has 0 amide bonds. The minimum atomic E-state index is 0.253. The van der Waals surface area contributed by atoms with Crippen LogP contribution in [0.1, 0.15) is 12.6 Å². The van der Waals surface area contributed by atoms with Crippen molar-refractivity contribution in [3.05, 3.63) is 30.1 Å². The number of hydrogen-bond acceptors (Lipinski definition) is 3. The maximum atomic E-state index is 5.11. The Kier molecular flexibility index (Phi) is 4.43. The fraction of sp³-hybridized carbons (Fsp3) is 0.500. The van der Waals surface area contributed by atoms with Crippen molar-refractivity contribution in [2.45, 2.75) is 19.6 Å². The molecule has 0 radical (unpaired) electrons. The second-order valence-electron chi connectivity index (χ2n) is 3.00. The second-order valence-corrected chi connectivity index (χ2v) is 3.00. The van der Waals surface area contributed by atoms with Crippen LogP contribution in [0.15, 0.2) is 24.4 Å². The van der Waals surface area contributed by atoms with Gasteiger partial charge in [0.15, 0.2) is 0 Å². The number of aromatic nitrogens is 1. The van der Waals surface area contributed by atoms with Gasteiger partial charge in [-0.15, -0.1) is 0 Å². The third-order valence-electron chi connectivity index (χ3n) is 1.87. The Hall–Kier alpha value is -0.930. The summed E-state index contributed by atoms with van der Waals surface area (Å²) >= 11 is 0. The molecule has 0 aliphatic rings. The van der Waals surface area contributed by atoms with Gasteiger partial charge in [-0.05, 0) is 19.1 Å². The molecule has 0 aliphatic carbocycles. The van der Waals surface area contributed by atoms with Gasteiger partial charge in [0.1, 0.15) is 0 Å². The number of nitrogens with one attached hydrogen (secondary N) is 1. The quantitative estimate of drug-likeness (QED) is 0.739. The Bertz CT molecular complexity index is 226. The van der Waals surface area contributed by atoms with Gasteiger partial charge < -0.3 is 10.1 Å². The van der Waals surface area contributed by atoms with Crippen LogP contribution in [0.25, 0.3) is 0 Å². The van der Waals surface area contributed by atoms with E-state index in [1.165, 1.54) is 0 Å². The largest absolute Gasteiger partial charge is 0.380 e. The van der Waals surface area contributed by atoms with Crippen LogP contribution >= 0.6 is 0 Å². The molecule has 1 N–H and O–H groups in total. The van der Waals surface area contributed by atoms with Crippen LogP contribution < -0.4 is 5.32 Å². The lowest BCUT2D eigenvalue weighted by Gasteiger charge is -2.09. The molecule has 3 heteroatoms. The van der Waals surface area contributed by atoms with Crippen LogP contribution in [-0.4, -0.2) is 24.7 Å². The molecule has 0 aliphatic heterocycles. The first kappa shape index (κ1) is 10.2. The Morgan fingerprint density at radius 3 is 3.00 bits per heavy atom. The monoisotopic (exact) mass is 180 g/mol. The summed E-state index contributed by atoms with van der Waals surface area (Å²) in [5.41, 5.74) is 1.06. The first-order valence-corrected chi connectivity index (χ1v) is 4.46. The molecule has 3 nitrogen and oxygen atoms in total. The van der Waals surface area contributed by atoms with Gasteiger partial charge in [0, 0.05) is 26.4 Å². The molecular formula is C10H16N2O. The van der Waals surface area contributed by atoms with E-state index in [0.717, 1.165) is 18.8 Å². The molecule has 72 valence electrons. The Balaban J connectivity index is 2.20. The van der Waals surface area contributed by atoms with Crippen molar-refractivity contribution < 1.29 is 4.74 Å². The van der Waals surface area contributed by atoms with E-state index in [9.17, 15) is 0 Å². The van der Waals surface area contributed by atoms with Crippen molar-refractivity contribution in [3.8, 4) is 0 Å². The maximum absolute atomic E-state index is 5.11. The molecule has 1 unspecified atom stereocenters. The normalized spacial score (nSPS) is 12.8. The van der Waals surface area contributed by atoms with Crippen molar-refractivity contribution in [1.29, 1.82) is 0 Å². The number of nitrogens with zero attached hydrogens (tertiary/aromatic N) is 1. The SMILES string of the molecule is COC(C)CNCc1ccccn1. The van der Waals surface area contributed by atoms with Crippen molar-refractivity contribution in [2.75, 3.05) is 13.7 Å². The summed E-state index contributed by atoms with van der Waals surface area (Å²) in [6, 6.07) is 5.91. The number of methoxy groups -OCH3 is 1. The standard InChI is InChI=1S/C10H16N2O/c1-9(13-2)7-11-8-10-5-3-4-6-12-10/h3-6,9,11H,7-8H2,1-2H3. The van der Waals surface area contributed by atoms with Gasteiger partial charge in [0.05, 0.1) is 11.8 Å². The van der Waals surface area contributed by atoms with Gasteiger partial charge in [-0.2, -0.15) is 0 Å². The summed E-state index contributed by atoms with van der Waals surface area (Å²) in [5.74, 6) is 0. The van der Waals surface area contributed by atoms with E-state index in [-0.39, 0.29) is 6.10 Å². The van der Waals surface area contributed by atoms with Crippen LogP contribution in [0.4, 0.5) is 0 Å². The van der Waals surface area contributed by atoms with E-state index in [1.807, 2.05) is 25.1 Å². The smallest absolute Gasteiger partial charge is 0.0667 e.